The molecule has 0 saturated carbocycles. The molecule has 100 valence electrons. The molecule has 0 aliphatic carbocycles. The van der Waals surface area contributed by atoms with Crippen LogP contribution in [0.25, 0.3) is 11.1 Å². The fraction of sp³-hybridized carbons (Fsp3) is 0.200. The molecule has 2 aromatic rings. The van der Waals surface area contributed by atoms with Gasteiger partial charge < -0.3 is 5.73 Å². The van der Waals surface area contributed by atoms with E-state index in [0.29, 0.717) is 5.56 Å². The van der Waals surface area contributed by atoms with Gasteiger partial charge in [0.15, 0.2) is 0 Å². The molecular formula is C15H14F3N. The van der Waals surface area contributed by atoms with Crippen LogP contribution in [0.4, 0.5) is 13.2 Å². The fourth-order valence-electron chi connectivity index (χ4n) is 1.88. The van der Waals surface area contributed by atoms with Crippen LogP contribution >= 0.6 is 0 Å². The van der Waals surface area contributed by atoms with E-state index in [-0.39, 0.29) is 6.04 Å². The van der Waals surface area contributed by atoms with Gasteiger partial charge in [-0.1, -0.05) is 30.3 Å². The van der Waals surface area contributed by atoms with E-state index in [1.165, 1.54) is 6.07 Å². The molecule has 0 fully saturated rings. The van der Waals surface area contributed by atoms with E-state index >= 15 is 0 Å². The number of halogens is 3. The molecule has 0 aliphatic rings. The normalized spacial score (nSPS) is 13.3. The van der Waals surface area contributed by atoms with Gasteiger partial charge in [0.05, 0.1) is 5.56 Å². The third-order valence-electron chi connectivity index (χ3n) is 2.94. The number of rotatable bonds is 2. The van der Waals surface area contributed by atoms with Crippen molar-refractivity contribution >= 4 is 0 Å². The van der Waals surface area contributed by atoms with Crippen LogP contribution in [-0.4, -0.2) is 0 Å². The van der Waals surface area contributed by atoms with Gasteiger partial charge >= 0.3 is 6.18 Å². The fourth-order valence-corrected chi connectivity index (χ4v) is 1.88. The molecule has 1 atom stereocenters. The number of nitrogens with two attached hydrogens (primary N) is 1. The molecule has 2 rings (SSSR count). The average Bonchev–Trinajstić information content (AvgIpc) is 2.38. The number of benzene rings is 2. The molecular weight excluding hydrogens is 251 g/mol. The first kappa shape index (κ1) is 13.6. The molecule has 0 spiro atoms. The van der Waals surface area contributed by atoms with Crippen LogP contribution in [0.3, 0.4) is 0 Å². The van der Waals surface area contributed by atoms with E-state index in [1.807, 2.05) is 19.1 Å². The van der Waals surface area contributed by atoms with Crippen LogP contribution in [0.1, 0.15) is 24.1 Å². The van der Waals surface area contributed by atoms with Crippen LogP contribution < -0.4 is 5.73 Å². The Morgan fingerprint density at radius 2 is 1.53 bits per heavy atom. The summed E-state index contributed by atoms with van der Waals surface area (Å²) in [6.45, 7) is 1.84. The largest absolute Gasteiger partial charge is 0.416 e. The minimum Gasteiger partial charge on any atom is -0.324 e. The Kier molecular flexibility index (Phi) is 3.62. The molecule has 1 nitrogen and oxygen atoms in total. The summed E-state index contributed by atoms with van der Waals surface area (Å²) in [7, 11) is 0. The summed E-state index contributed by atoms with van der Waals surface area (Å²) < 4.78 is 38.0. The Morgan fingerprint density at radius 3 is 2.11 bits per heavy atom. The van der Waals surface area contributed by atoms with Crippen molar-refractivity contribution in [2.75, 3.05) is 0 Å². The molecule has 2 N–H and O–H groups in total. The highest BCUT2D eigenvalue weighted by atomic mass is 19.4. The molecule has 1 unspecified atom stereocenters. The zero-order chi connectivity index (χ0) is 14.0. The van der Waals surface area contributed by atoms with E-state index in [9.17, 15) is 13.2 Å². The highest BCUT2D eigenvalue weighted by Gasteiger charge is 2.30. The first-order chi connectivity index (χ1) is 8.88. The van der Waals surface area contributed by atoms with Crippen LogP contribution in [0.2, 0.25) is 0 Å². The summed E-state index contributed by atoms with van der Waals surface area (Å²) in [5.74, 6) is 0. The first-order valence-corrected chi connectivity index (χ1v) is 5.91. The van der Waals surface area contributed by atoms with E-state index in [2.05, 4.69) is 0 Å². The smallest absolute Gasteiger partial charge is 0.324 e. The van der Waals surface area contributed by atoms with Gasteiger partial charge in [-0.05, 0) is 41.8 Å². The summed E-state index contributed by atoms with van der Waals surface area (Å²) >= 11 is 0. The molecule has 0 aliphatic heterocycles. The van der Waals surface area contributed by atoms with Crippen molar-refractivity contribution in [1.29, 1.82) is 0 Å². The molecule has 19 heavy (non-hydrogen) atoms. The van der Waals surface area contributed by atoms with Crippen LogP contribution in [0.15, 0.2) is 48.5 Å². The SMILES string of the molecule is CC(N)c1cccc(-c2cccc(C(F)(F)F)c2)c1. The van der Waals surface area contributed by atoms with Gasteiger partial charge in [-0.15, -0.1) is 0 Å². The number of hydrogen-bond acceptors (Lipinski definition) is 1. The molecule has 0 aromatic heterocycles. The quantitative estimate of drug-likeness (QED) is 0.856. The maximum atomic E-state index is 12.7. The lowest BCUT2D eigenvalue weighted by Gasteiger charge is -2.11. The third kappa shape index (κ3) is 3.15. The predicted molar refractivity (Wildman–Crippen MR) is 69.5 cm³/mol. The minimum atomic E-state index is -4.32. The topological polar surface area (TPSA) is 26.0 Å². The average molecular weight is 265 g/mol. The lowest BCUT2D eigenvalue weighted by Crippen LogP contribution is -2.05. The molecule has 0 heterocycles. The Hall–Kier alpha value is -1.81. The molecule has 2 aromatic carbocycles. The summed E-state index contributed by atoms with van der Waals surface area (Å²) in [6, 6.07) is 12.4. The van der Waals surface area contributed by atoms with Gasteiger partial charge in [-0.2, -0.15) is 13.2 Å². The zero-order valence-electron chi connectivity index (χ0n) is 10.4. The van der Waals surface area contributed by atoms with Gasteiger partial charge in [0.25, 0.3) is 0 Å². The second-order valence-corrected chi connectivity index (χ2v) is 4.49. The van der Waals surface area contributed by atoms with Crippen LogP contribution in [-0.2, 0) is 6.18 Å². The van der Waals surface area contributed by atoms with E-state index in [4.69, 9.17) is 5.73 Å². The van der Waals surface area contributed by atoms with E-state index < -0.39 is 11.7 Å². The molecule has 4 heteroatoms. The number of alkyl halides is 3. The van der Waals surface area contributed by atoms with Gasteiger partial charge in [-0.25, -0.2) is 0 Å². The van der Waals surface area contributed by atoms with Gasteiger partial charge in [0, 0.05) is 6.04 Å². The number of hydrogen-bond donors (Lipinski definition) is 1. The van der Waals surface area contributed by atoms with Crippen molar-refractivity contribution in [3.05, 3.63) is 59.7 Å². The van der Waals surface area contributed by atoms with Crippen molar-refractivity contribution < 1.29 is 13.2 Å². The zero-order valence-corrected chi connectivity index (χ0v) is 10.4. The standard InChI is InChI=1S/C15H14F3N/c1-10(19)11-4-2-5-12(8-11)13-6-3-7-14(9-13)15(16,17)18/h2-10H,19H2,1H3. The van der Waals surface area contributed by atoms with Crippen molar-refractivity contribution in [3.8, 4) is 11.1 Å². The predicted octanol–water partition coefficient (Wildman–Crippen LogP) is 4.39. The van der Waals surface area contributed by atoms with Gasteiger partial charge in [0.1, 0.15) is 0 Å². The molecule has 0 saturated heterocycles. The highest BCUT2D eigenvalue weighted by molar-refractivity contribution is 5.65. The lowest BCUT2D eigenvalue weighted by molar-refractivity contribution is -0.137. The van der Waals surface area contributed by atoms with Crippen molar-refractivity contribution in [1.82, 2.24) is 0 Å². The van der Waals surface area contributed by atoms with Crippen LogP contribution in [0, 0.1) is 0 Å². The molecule has 0 amide bonds. The summed E-state index contributed by atoms with van der Waals surface area (Å²) in [5, 5.41) is 0. The summed E-state index contributed by atoms with van der Waals surface area (Å²) in [4.78, 5) is 0. The van der Waals surface area contributed by atoms with E-state index in [1.54, 1.807) is 18.2 Å². The molecule has 0 bridgehead atoms. The maximum absolute atomic E-state index is 12.7. The van der Waals surface area contributed by atoms with Crippen molar-refractivity contribution in [2.45, 2.75) is 19.1 Å². The molecule has 0 radical (unpaired) electrons. The Balaban J connectivity index is 2.45. The Labute approximate surface area is 109 Å². The maximum Gasteiger partial charge on any atom is 0.416 e. The van der Waals surface area contributed by atoms with Crippen molar-refractivity contribution in [3.63, 3.8) is 0 Å². The highest BCUT2D eigenvalue weighted by Crippen LogP contribution is 2.32. The van der Waals surface area contributed by atoms with E-state index in [0.717, 1.165) is 23.3 Å². The minimum absolute atomic E-state index is 0.147. The van der Waals surface area contributed by atoms with Crippen LogP contribution in [0.5, 0.6) is 0 Å². The van der Waals surface area contributed by atoms with Gasteiger partial charge in [-0.3, -0.25) is 0 Å². The Morgan fingerprint density at radius 1 is 0.947 bits per heavy atom. The first-order valence-electron chi connectivity index (χ1n) is 5.91. The second kappa shape index (κ2) is 5.05. The summed E-state index contributed by atoms with van der Waals surface area (Å²) in [5.41, 5.74) is 7.31. The second-order valence-electron chi connectivity index (χ2n) is 4.49. The monoisotopic (exact) mass is 265 g/mol. The Bertz CT molecular complexity index is 574. The lowest BCUT2D eigenvalue weighted by atomic mass is 9.99. The van der Waals surface area contributed by atoms with Gasteiger partial charge in [0.2, 0.25) is 0 Å². The third-order valence-corrected chi connectivity index (χ3v) is 2.94. The van der Waals surface area contributed by atoms with Crippen molar-refractivity contribution in [2.24, 2.45) is 5.73 Å². The summed E-state index contributed by atoms with van der Waals surface area (Å²) in [6.07, 6.45) is -4.32.